The fourth-order valence-corrected chi connectivity index (χ4v) is 8.77. The Morgan fingerprint density at radius 2 is 1.90 bits per heavy atom. The minimum Gasteiger partial charge on any atom is -0.459 e. The molecule has 8 nitrogen and oxygen atoms in total. The number of ether oxygens (including phenoxy) is 1. The Bertz CT molecular complexity index is 725. The van der Waals surface area contributed by atoms with E-state index in [1.54, 1.807) is 0 Å². The van der Waals surface area contributed by atoms with Crippen molar-refractivity contribution in [3.05, 3.63) is 0 Å². The number of sulfonamides is 1. The maximum Gasteiger partial charge on any atom is 0.309 e. The van der Waals surface area contributed by atoms with Crippen LogP contribution in [0.15, 0.2) is 0 Å². The molecule has 4 aliphatic rings. The molecule has 3 saturated carbocycles. The summed E-state index contributed by atoms with van der Waals surface area (Å²) in [5.41, 5.74) is -0.286. The van der Waals surface area contributed by atoms with Crippen LogP contribution >= 0.6 is 12.0 Å². The molecule has 0 radical (unpaired) electrons. The average molecular weight is 464 g/mol. The lowest BCUT2D eigenvalue weighted by Gasteiger charge is -2.43. The van der Waals surface area contributed by atoms with E-state index in [4.69, 9.17) is 4.74 Å². The van der Waals surface area contributed by atoms with Gasteiger partial charge in [0.2, 0.25) is 10.0 Å². The molecule has 5 atom stereocenters. The van der Waals surface area contributed by atoms with E-state index < -0.39 is 10.0 Å². The number of rotatable bonds is 9. The van der Waals surface area contributed by atoms with Crippen LogP contribution in [-0.2, 0) is 33.8 Å². The van der Waals surface area contributed by atoms with Crippen molar-refractivity contribution in [2.75, 3.05) is 25.3 Å². The first kappa shape index (κ1) is 22.8. The monoisotopic (exact) mass is 463 g/mol. The number of carbonyl (C=O) groups excluding carboxylic acids is 1. The lowest BCUT2D eigenvalue weighted by molar-refractivity contribution is -0.447. The molecule has 4 fully saturated rings. The molecule has 0 amide bonds. The molecule has 2 bridgehead atoms. The Hall–Kier alpha value is -0.390. The van der Waals surface area contributed by atoms with Gasteiger partial charge in [-0.2, -0.15) is 0 Å². The lowest BCUT2D eigenvalue weighted by atomic mass is 9.71. The second-order valence-corrected chi connectivity index (χ2v) is 12.2. The molecule has 1 heterocycles. The van der Waals surface area contributed by atoms with Crippen molar-refractivity contribution in [1.29, 1.82) is 0 Å². The van der Waals surface area contributed by atoms with Crippen LogP contribution < -0.4 is 0 Å². The Kier molecular flexibility index (Phi) is 7.01. The number of nitrogens with zero attached hydrogens (tertiary/aromatic N) is 1. The molecule has 5 unspecified atom stereocenters. The van der Waals surface area contributed by atoms with Gasteiger partial charge < -0.3 is 4.74 Å². The number of fused-ring (bicyclic) bond motifs is 5. The fraction of sp³-hybridized carbons (Fsp3) is 0.950. The van der Waals surface area contributed by atoms with E-state index in [9.17, 15) is 13.2 Å². The van der Waals surface area contributed by atoms with E-state index in [0.717, 1.165) is 30.6 Å². The molecule has 30 heavy (non-hydrogen) atoms. The highest BCUT2D eigenvalue weighted by Crippen LogP contribution is 2.64. The van der Waals surface area contributed by atoms with Gasteiger partial charge in [0.15, 0.2) is 0 Å². The minimum absolute atomic E-state index is 0.123. The Morgan fingerprint density at radius 3 is 2.60 bits per heavy atom. The van der Waals surface area contributed by atoms with Crippen molar-refractivity contribution in [2.45, 2.75) is 63.9 Å². The topological polar surface area (TPSA) is 91.4 Å². The van der Waals surface area contributed by atoms with Crippen LogP contribution in [0.5, 0.6) is 0 Å². The zero-order valence-electron chi connectivity index (χ0n) is 17.8. The first-order valence-corrected chi connectivity index (χ1v) is 13.6. The normalized spacial score (nSPS) is 36.9. The third kappa shape index (κ3) is 4.28. The number of hydrogen-bond donors (Lipinski definition) is 0. The summed E-state index contributed by atoms with van der Waals surface area (Å²) in [5, 5.41) is 3.95. The van der Waals surface area contributed by atoms with E-state index in [2.05, 4.69) is 21.2 Å². The first-order chi connectivity index (χ1) is 14.4. The Balaban J connectivity index is 1.29. The number of piperidine rings is 1. The zero-order valence-corrected chi connectivity index (χ0v) is 19.4. The smallest absolute Gasteiger partial charge is 0.309 e. The van der Waals surface area contributed by atoms with Crippen LogP contribution in [0.2, 0.25) is 0 Å². The molecule has 172 valence electrons. The summed E-state index contributed by atoms with van der Waals surface area (Å²) in [6.07, 6.45) is 8.10. The Labute approximate surface area is 183 Å². The van der Waals surface area contributed by atoms with Gasteiger partial charge >= 0.3 is 5.97 Å². The van der Waals surface area contributed by atoms with Gasteiger partial charge in [0.05, 0.1) is 25.1 Å². The van der Waals surface area contributed by atoms with E-state index in [0.29, 0.717) is 43.9 Å². The second kappa shape index (κ2) is 9.23. The standard InChI is InChI=1S/C20H33NO7S2/c1-3-20(12-15-11-18(20)17-6-4-5-16(15)17)26-19(22)14-7-9-21(10-8-14)30(23,24)13-29-28-27-25-2/h14-18H,3-13H2,1-2H3. The highest BCUT2D eigenvalue weighted by atomic mass is 32.3. The number of hydrogen-bond acceptors (Lipinski definition) is 8. The van der Waals surface area contributed by atoms with Crippen molar-refractivity contribution < 1.29 is 32.2 Å². The van der Waals surface area contributed by atoms with Gasteiger partial charge in [-0.05, 0) is 62.7 Å². The SMILES string of the molecule is CCC1(OC(=O)C2CCN(S(=O)(=O)CSOOOC)CC2)CC2CC1C1CCCC21. The largest absolute Gasteiger partial charge is 0.459 e. The minimum atomic E-state index is -3.49. The molecule has 4 rings (SSSR count). The Morgan fingerprint density at radius 1 is 1.17 bits per heavy atom. The first-order valence-electron chi connectivity index (χ1n) is 11.1. The van der Waals surface area contributed by atoms with Gasteiger partial charge in [-0.1, -0.05) is 18.4 Å². The summed E-state index contributed by atoms with van der Waals surface area (Å²) >= 11 is 0.655. The molecule has 0 aromatic rings. The van der Waals surface area contributed by atoms with Gasteiger partial charge in [0.1, 0.15) is 10.7 Å². The summed E-state index contributed by atoms with van der Waals surface area (Å²) in [6, 6.07) is 0. The highest BCUT2D eigenvalue weighted by Gasteiger charge is 2.62. The maximum absolute atomic E-state index is 13.0. The molecular weight excluding hydrogens is 430 g/mol. The molecule has 1 aliphatic heterocycles. The summed E-state index contributed by atoms with van der Waals surface area (Å²) in [4.78, 5) is 17.3. The molecule has 3 aliphatic carbocycles. The summed E-state index contributed by atoms with van der Waals surface area (Å²) in [5.74, 6) is 2.50. The quantitative estimate of drug-likeness (QED) is 0.169. The van der Waals surface area contributed by atoms with Gasteiger partial charge in [0, 0.05) is 19.0 Å². The summed E-state index contributed by atoms with van der Waals surface area (Å²) in [6.45, 7) is 2.80. The van der Waals surface area contributed by atoms with Crippen molar-refractivity contribution >= 4 is 28.0 Å². The molecule has 10 heteroatoms. The van der Waals surface area contributed by atoms with Crippen LogP contribution in [0.25, 0.3) is 0 Å². The second-order valence-electron chi connectivity index (χ2n) is 9.23. The van der Waals surface area contributed by atoms with Crippen LogP contribution in [0, 0.1) is 29.6 Å². The molecule has 0 aromatic heterocycles. The van der Waals surface area contributed by atoms with Gasteiger partial charge in [-0.3, -0.25) is 4.79 Å². The molecule has 0 spiro atoms. The van der Waals surface area contributed by atoms with Crippen molar-refractivity contribution in [3.8, 4) is 0 Å². The predicted octanol–water partition coefficient (Wildman–Crippen LogP) is 3.29. The molecule has 1 saturated heterocycles. The predicted molar refractivity (Wildman–Crippen MR) is 111 cm³/mol. The van der Waals surface area contributed by atoms with Crippen LogP contribution in [-0.4, -0.2) is 49.6 Å². The van der Waals surface area contributed by atoms with Gasteiger partial charge in [-0.25, -0.2) is 17.6 Å². The number of carbonyl (C=O) groups is 1. The summed E-state index contributed by atoms with van der Waals surface area (Å²) < 4.78 is 37.0. The van der Waals surface area contributed by atoms with E-state index in [1.165, 1.54) is 37.1 Å². The van der Waals surface area contributed by atoms with E-state index in [1.807, 2.05) is 0 Å². The number of esters is 1. The third-order valence-corrected chi connectivity index (χ3v) is 10.9. The van der Waals surface area contributed by atoms with Crippen molar-refractivity contribution in [2.24, 2.45) is 29.6 Å². The third-order valence-electron chi connectivity index (χ3n) is 8.01. The zero-order chi connectivity index (χ0) is 21.4. The molecule has 0 aromatic carbocycles. The summed E-state index contributed by atoms with van der Waals surface area (Å²) in [7, 11) is -2.22. The van der Waals surface area contributed by atoms with Crippen molar-refractivity contribution in [3.63, 3.8) is 0 Å². The molecular formula is C20H33NO7S2. The van der Waals surface area contributed by atoms with Crippen molar-refractivity contribution in [1.82, 2.24) is 4.31 Å². The van der Waals surface area contributed by atoms with Crippen LogP contribution in [0.1, 0.15) is 58.3 Å². The fourth-order valence-electron chi connectivity index (χ4n) is 6.66. The van der Waals surface area contributed by atoms with Gasteiger partial charge in [0.25, 0.3) is 0 Å². The highest BCUT2D eigenvalue weighted by molar-refractivity contribution is 8.08. The van der Waals surface area contributed by atoms with Crippen LogP contribution in [0.4, 0.5) is 0 Å². The van der Waals surface area contributed by atoms with E-state index in [-0.39, 0.29) is 22.6 Å². The van der Waals surface area contributed by atoms with Gasteiger partial charge in [-0.15, -0.1) is 4.33 Å². The van der Waals surface area contributed by atoms with E-state index >= 15 is 0 Å². The average Bonchev–Trinajstić information content (AvgIpc) is 3.44. The lowest BCUT2D eigenvalue weighted by Crippen LogP contribution is -2.47. The molecule has 0 N–H and O–H groups in total. The van der Waals surface area contributed by atoms with Crippen LogP contribution in [0.3, 0.4) is 0 Å². The maximum atomic E-state index is 13.0.